The maximum Gasteiger partial charge on any atom is 0.261 e. The zero-order valence-corrected chi connectivity index (χ0v) is 18.2. The first kappa shape index (κ1) is 22.0. The molecule has 5 nitrogen and oxygen atoms in total. The molecule has 2 aromatic rings. The van der Waals surface area contributed by atoms with E-state index in [0.29, 0.717) is 18.8 Å². The van der Waals surface area contributed by atoms with Crippen LogP contribution < -0.4 is 10.1 Å². The van der Waals surface area contributed by atoms with E-state index in [9.17, 15) is 9.59 Å². The molecule has 0 saturated heterocycles. The molecular formula is C22H27BrN2O3. The van der Waals surface area contributed by atoms with Crippen molar-refractivity contribution in [3.8, 4) is 5.75 Å². The molecule has 6 heteroatoms. The summed E-state index contributed by atoms with van der Waals surface area (Å²) in [5.41, 5.74) is 2.09. The largest absolute Gasteiger partial charge is 0.484 e. The van der Waals surface area contributed by atoms with Gasteiger partial charge in [-0.05, 0) is 55.7 Å². The first-order valence-electron chi connectivity index (χ1n) is 9.42. The topological polar surface area (TPSA) is 58.6 Å². The summed E-state index contributed by atoms with van der Waals surface area (Å²) in [4.78, 5) is 27.0. The fourth-order valence-corrected chi connectivity index (χ4v) is 2.97. The normalized spacial score (nSPS) is 11.6. The molecule has 0 spiro atoms. The lowest BCUT2D eigenvalue weighted by molar-refractivity contribution is -0.142. The Labute approximate surface area is 175 Å². The van der Waals surface area contributed by atoms with E-state index in [4.69, 9.17) is 4.74 Å². The van der Waals surface area contributed by atoms with Crippen molar-refractivity contribution in [2.45, 2.75) is 39.8 Å². The fourth-order valence-electron chi connectivity index (χ4n) is 2.71. The maximum absolute atomic E-state index is 12.9. The number of nitrogens with zero attached hydrogens (tertiary/aromatic N) is 1. The molecule has 28 heavy (non-hydrogen) atoms. The van der Waals surface area contributed by atoms with Gasteiger partial charge in [0.15, 0.2) is 6.61 Å². The Morgan fingerprint density at radius 1 is 1.14 bits per heavy atom. The Morgan fingerprint density at radius 2 is 1.82 bits per heavy atom. The van der Waals surface area contributed by atoms with E-state index in [0.717, 1.165) is 22.0 Å². The van der Waals surface area contributed by atoms with Crippen LogP contribution in [0.1, 0.15) is 31.4 Å². The van der Waals surface area contributed by atoms with Crippen LogP contribution >= 0.6 is 15.9 Å². The Bertz CT molecular complexity index is 793. The van der Waals surface area contributed by atoms with Crippen molar-refractivity contribution in [3.63, 3.8) is 0 Å². The number of carbonyl (C=O) groups excluding carboxylic acids is 2. The van der Waals surface area contributed by atoms with E-state index in [2.05, 4.69) is 21.2 Å². The standard InChI is InChI=1S/C22H27BrN2O3/c1-4-13-24-22(27)17(3)25(14-18-8-6-5-7-16(18)2)21(26)15-28-20-11-9-19(23)10-12-20/h5-12,17H,4,13-15H2,1-3H3,(H,24,27)/t17-/m0/s1. The van der Waals surface area contributed by atoms with Crippen LogP contribution in [0.3, 0.4) is 0 Å². The molecule has 2 aromatic carbocycles. The first-order valence-corrected chi connectivity index (χ1v) is 10.2. The van der Waals surface area contributed by atoms with Crippen LogP contribution in [0.25, 0.3) is 0 Å². The Hall–Kier alpha value is -2.34. The molecule has 0 unspecified atom stereocenters. The van der Waals surface area contributed by atoms with Gasteiger partial charge in [-0.15, -0.1) is 0 Å². The van der Waals surface area contributed by atoms with Gasteiger partial charge in [0.1, 0.15) is 11.8 Å². The molecule has 1 N–H and O–H groups in total. The summed E-state index contributed by atoms with van der Waals surface area (Å²) < 4.78 is 6.58. The number of aryl methyl sites for hydroxylation is 1. The second-order valence-corrected chi connectivity index (χ2v) is 7.57. The fraction of sp³-hybridized carbons (Fsp3) is 0.364. The number of ether oxygens (including phenoxy) is 1. The van der Waals surface area contributed by atoms with Crippen LogP contribution in [-0.2, 0) is 16.1 Å². The van der Waals surface area contributed by atoms with Gasteiger partial charge in [-0.25, -0.2) is 0 Å². The van der Waals surface area contributed by atoms with Gasteiger partial charge in [0.2, 0.25) is 5.91 Å². The van der Waals surface area contributed by atoms with Crippen LogP contribution in [0.4, 0.5) is 0 Å². The molecule has 0 heterocycles. The zero-order chi connectivity index (χ0) is 20.5. The molecule has 0 radical (unpaired) electrons. The molecule has 0 fully saturated rings. The van der Waals surface area contributed by atoms with E-state index < -0.39 is 6.04 Å². The van der Waals surface area contributed by atoms with Gasteiger partial charge in [-0.2, -0.15) is 0 Å². The summed E-state index contributed by atoms with van der Waals surface area (Å²) in [7, 11) is 0. The van der Waals surface area contributed by atoms with Crippen molar-refractivity contribution in [3.05, 3.63) is 64.1 Å². The third kappa shape index (κ3) is 6.37. The average Bonchev–Trinajstić information content (AvgIpc) is 2.70. The Balaban J connectivity index is 2.13. The predicted molar refractivity (Wildman–Crippen MR) is 114 cm³/mol. The van der Waals surface area contributed by atoms with Crippen LogP contribution in [0.2, 0.25) is 0 Å². The molecule has 150 valence electrons. The Morgan fingerprint density at radius 3 is 2.46 bits per heavy atom. The van der Waals surface area contributed by atoms with Gasteiger partial charge in [-0.3, -0.25) is 9.59 Å². The molecule has 2 rings (SSSR count). The van der Waals surface area contributed by atoms with Crippen molar-refractivity contribution in [2.75, 3.05) is 13.2 Å². The molecule has 0 saturated carbocycles. The minimum atomic E-state index is -0.591. The Kier molecular flexibility index (Phi) is 8.51. The minimum absolute atomic E-state index is 0.126. The van der Waals surface area contributed by atoms with Crippen LogP contribution in [0.15, 0.2) is 53.0 Å². The van der Waals surface area contributed by atoms with E-state index in [1.54, 1.807) is 24.0 Å². The maximum atomic E-state index is 12.9. The summed E-state index contributed by atoms with van der Waals surface area (Å²) in [5.74, 6) is 0.216. The van der Waals surface area contributed by atoms with E-state index in [1.807, 2.05) is 50.2 Å². The number of carbonyl (C=O) groups is 2. The third-order valence-electron chi connectivity index (χ3n) is 4.49. The van der Waals surface area contributed by atoms with Crippen molar-refractivity contribution in [1.29, 1.82) is 0 Å². The lowest BCUT2D eigenvalue weighted by Crippen LogP contribution is -2.49. The quantitative estimate of drug-likeness (QED) is 0.630. The van der Waals surface area contributed by atoms with Crippen molar-refractivity contribution in [1.82, 2.24) is 10.2 Å². The number of hydrogen-bond acceptors (Lipinski definition) is 3. The highest BCUT2D eigenvalue weighted by Gasteiger charge is 2.26. The number of hydrogen-bond donors (Lipinski definition) is 1. The third-order valence-corrected chi connectivity index (χ3v) is 5.02. The van der Waals surface area contributed by atoms with Gasteiger partial charge in [-0.1, -0.05) is 47.1 Å². The number of amides is 2. The highest BCUT2D eigenvalue weighted by molar-refractivity contribution is 9.10. The summed E-state index contributed by atoms with van der Waals surface area (Å²) in [6.45, 7) is 6.56. The van der Waals surface area contributed by atoms with Gasteiger partial charge in [0.05, 0.1) is 0 Å². The van der Waals surface area contributed by atoms with Gasteiger partial charge in [0.25, 0.3) is 5.91 Å². The highest BCUT2D eigenvalue weighted by Crippen LogP contribution is 2.17. The molecule has 1 atom stereocenters. The van der Waals surface area contributed by atoms with Gasteiger partial charge < -0.3 is 15.0 Å². The predicted octanol–water partition coefficient (Wildman–Crippen LogP) is 4.08. The molecule has 2 amide bonds. The van der Waals surface area contributed by atoms with Crippen molar-refractivity contribution >= 4 is 27.7 Å². The van der Waals surface area contributed by atoms with E-state index >= 15 is 0 Å². The van der Waals surface area contributed by atoms with Gasteiger partial charge in [0, 0.05) is 17.6 Å². The van der Waals surface area contributed by atoms with Crippen LogP contribution in [0, 0.1) is 6.92 Å². The molecule has 0 aromatic heterocycles. The van der Waals surface area contributed by atoms with E-state index in [1.165, 1.54) is 0 Å². The summed E-state index contributed by atoms with van der Waals surface area (Å²) in [6, 6.07) is 14.6. The summed E-state index contributed by atoms with van der Waals surface area (Å²) in [6.07, 6.45) is 0.844. The SMILES string of the molecule is CCCNC(=O)[C@H](C)N(Cc1ccccc1C)C(=O)COc1ccc(Br)cc1. The monoisotopic (exact) mass is 446 g/mol. The summed E-state index contributed by atoms with van der Waals surface area (Å²) in [5, 5.41) is 2.87. The molecular weight excluding hydrogens is 420 g/mol. The zero-order valence-electron chi connectivity index (χ0n) is 16.6. The minimum Gasteiger partial charge on any atom is -0.484 e. The van der Waals surface area contributed by atoms with Crippen molar-refractivity contribution < 1.29 is 14.3 Å². The lowest BCUT2D eigenvalue weighted by Gasteiger charge is -2.29. The molecule has 0 bridgehead atoms. The number of nitrogens with one attached hydrogen (secondary N) is 1. The van der Waals surface area contributed by atoms with E-state index in [-0.39, 0.29) is 18.4 Å². The highest BCUT2D eigenvalue weighted by atomic mass is 79.9. The number of rotatable bonds is 9. The number of benzene rings is 2. The smallest absolute Gasteiger partial charge is 0.261 e. The second-order valence-electron chi connectivity index (χ2n) is 6.66. The summed E-state index contributed by atoms with van der Waals surface area (Å²) >= 11 is 3.37. The molecule has 0 aliphatic heterocycles. The molecule has 0 aliphatic carbocycles. The van der Waals surface area contributed by atoms with Crippen LogP contribution in [-0.4, -0.2) is 35.9 Å². The lowest BCUT2D eigenvalue weighted by atomic mass is 10.1. The first-order chi connectivity index (χ1) is 13.4. The van der Waals surface area contributed by atoms with Gasteiger partial charge >= 0.3 is 0 Å². The number of halogens is 1. The second kappa shape index (κ2) is 10.9. The van der Waals surface area contributed by atoms with Crippen molar-refractivity contribution in [2.24, 2.45) is 0 Å². The van der Waals surface area contributed by atoms with Crippen LogP contribution in [0.5, 0.6) is 5.75 Å². The average molecular weight is 447 g/mol. The molecule has 0 aliphatic rings.